The Bertz CT molecular complexity index is 704. The summed E-state index contributed by atoms with van der Waals surface area (Å²) in [6, 6.07) is 0. The number of rotatable bonds is 4. The SMILES string of the molecule is CC(=O)Nc1scc2c1C(=O)N(CCS(C)(=O)=O)C2=O. The molecule has 1 N–H and O–H groups in total. The first kappa shape index (κ1) is 14.7. The van der Waals surface area contributed by atoms with Crippen molar-refractivity contribution in [3.8, 4) is 0 Å². The summed E-state index contributed by atoms with van der Waals surface area (Å²) in [5.74, 6) is -1.72. The molecule has 0 aliphatic carbocycles. The maximum atomic E-state index is 12.2. The van der Waals surface area contributed by atoms with E-state index >= 15 is 0 Å². The number of carbonyl (C=O) groups excluding carboxylic acids is 3. The number of amides is 3. The highest BCUT2D eigenvalue weighted by molar-refractivity contribution is 7.90. The highest BCUT2D eigenvalue weighted by atomic mass is 32.2. The van der Waals surface area contributed by atoms with Crippen molar-refractivity contribution in [3.63, 3.8) is 0 Å². The van der Waals surface area contributed by atoms with Gasteiger partial charge in [-0.1, -0.05) is 0 Å². The summed E-state index contributed by atoms with van der Waals surface area (Å²) in [6.07, 6.45) is 1.04. The quantitative estimate of drug-likeness (QED) is 0.808. The van der Waals surface area contributed by atoms with E-state index in [9.17, 15) is 22.8 Å². The topological polar surface area (TPSA) is 101 Å². The lowest BCUT2D eigenvalue weighted by Crippen LogP contribution is -2.34. The number of hydrogen-bond acceptors (Lipinski definition) is 6. The second kappa shape index (κ2) is 4.98. The van der Waals surface area contributed by atoms with Gasteiger partial charge in [0, 0.05) is 25.1 Å². The van der Waals surface area contributed by atoms with Gasteiger partial charge in [-0.2, -0.15) is 0 Å². The number of thiophene rings is 1. The maximum Gasteiger partial charge on any atom is 0.264 e. The van der Waals surface area contributed by atoms with E-state index in [2.05, 4.69) is 5.32 Å². The first-order valence-corrected chi connectivity index (χ1v) is 8.57. The third kappa shape index (κ3) is 2.73. The Labute approximate surface area is 119 Å². The van der Waals surface area contributed by atoms with Crippen LogP contribution in [0.3, 0.4) is 0 Å². The predicted molar refractivity (Wildman–Crippen MR) is 73.7 cm³/mol. The van der Waals surface area contributed by atoms with E-state index in [0.717, 1.165) is 22.5 Å². The molecule has 2 heterocycles. The Morgan fingerprint density at radius 3 is 2.55 bits per heavy atom. The molecule has 0 saturated heterocycles. The first-order valence-electron chi connectivity index (χ1n) is 5.63. The van der Waals surface area contributed by atoms with Gasteiger partial charge in [0.25, 0.3) is 11.8 Å². The van der Waals surface area contributed by atoms with E-state index in [0.29, 0.717) is 5.00 Å². The molecule has 0 spiro atoms. The zero-order valence-electron chi connectivity index (χ0n) is 10.8. The van der Waals surface area contributed by atoms with Gasteiger partial charge in [0.05, 0.1) is 16.9 Å². The third-order valence-corrected chi connectivity index (χ3v) is 4.52. The Morgan fingerprint density at radius 1 is 1.35 bits per heavy atom. The fourth-order valence-corrected chi connectivity index (χ4v) is 3.30. The van der Waals surface area contributed by atoms with Crippen LogP contribution in [0.1, 0.15) is 27.6 Å². The van der Waals surface area contributed by atoms with E-state index in [4.69, 9.17) is 0 Å². The molecule has 1 aromatic heterocycles. The minimum atomic E-state index is -3.27. The molecule has 0 radical (unpaired) electrons. The molecule has 0 fully saturated rings. The van der Waals surface area contributed by atoms with E-state index in [1.165, 1.54) is 12.3 Å². The Morgan fingerprint density at radius 2 is 2.00 bits per heavy atom. The number of carbonyl (C=O) groups is 3. The zero-order valence-corrected chi connectivity index (χ0v) is 12.4. The lowest BCUT2D eigenvalue weighted by molar-refractivity contribution is -0.114. The monoisotopic (exact) mass is 316 g/mol. The number of fused-ring (bicyclic) bond motifs is 1. The van der Waals surface area contributed by atoms with Crippen LogP contribution in [0.15, 0.2) is 5.38 Å². The second-order valence-corrected chi connectivity index (χ2v) is 7.57. The summed E-state index contributed by atoms with van der Waals surface area (Å²) in [4.78, 5) is 36.1. The number of anilines is 1. The number of nitrogens with zero attached hydrogens (tertiary/aromatic N) is 1. The molecule has 20 heavy (non-hydrogen) atoms. The van der Waals surface area contributed by atoms with Gasteiger partial charge in [0.1, 0.15) is 14.8 Å². The lowest BCUT2D eigenvalue weighted by Gasteiger charge is -2.13. The molecule has 9 heteroatoms. The summed E-state index contributed by atoms with van der Waals surface area (Å²) in [5.41, 5.74) is 0.348. The van der Waals surface area contributed by atoms with E-state index in [1.54, 1.807) is 0 Å². The molecule has 0 unspecified atom stereocenters. The van der Waals surface area contributed by atoms with Gasteiger partial charge in [-0.05, 0) is 0 Å². The fourth-order valence-electron chi connectivity index (χ4n) is 1.81. The van der Waals surface area contributed by atoms with Crippen molar-refractivity contribution in [3.05, 3.63) is 16.5 Å². The average molecular weight is 316 g/mol. The van der Waals surface area contributed by atoms with Crippen molar-refractivity contribution < 1.29 is 22.8 Å². The zero-order chi connectivity index (χ0) is 15.1. The largest absolute Gasteiger partial charge is 0.317 e. The van der Waals surface area contributed by atoms with E-state index in [1.807, 2.05) is 0 Å². The van der Waals surface area contributed by atoms with Gasteiger partial charge >= 0.3 is 0 Å². The van der Waals surface area contributed by atoms with Gasteiger partial charge in [-0.25, -0.2) is 8.42 Å². The smallest absolute Gasteiger partial charge is 0.264 e. The van der Waals surface area contributed by atoms with Gasteiger partial charge in [-0.3, -0.25) is 19.3 Å². The third-order valence-electron chi connectivity index (χ3n) is 2.70. The Kier molecular flexibility index (Phi) is 3.65. The standard InChI is InChI=1S/C11H12N2O5S2/c1-6(14)12-9-8-7(5-19-9)10(15)13(11(8)16)3-4-20(2,17)18/h5H,3-4H2,1-2H3,(H,12,14). The molecule has 3 amide bonds. The van der Waals surface area contributed by atoms with Crippen LogP contribution < -0.4 is 5.32 Å². The minimum Gasteiger partial charge on any atom is -0.317 e. The van der Waals surface area contributed by atoms with Crippen LogP contribution >= 0.6 is 11.3 Å². The molecule has 0 atom stereocenters. The van der Waals surface area contributed by atoms with Gasteiger partial charge in [0.2, 0.25) is 5.91 Å². The van der Waals surface area contributed by atoms with Crippen molar-refractivity contribution in [1.29, 1.82) is 0 Å². The summed E-state index contributed by atoms with van der Waals surface area (Å²) >= 11 is 1.09. The first-order chi connectivity index (χ1) is 9.20. The van der Waals surface area contributed by atoms with Gasteiger partial charge in [0.15, 0.2) is 0 Å². The van der Waals surface area contributed by atoms with E-state index < -0.39 is 21.7 Å². The molecule has 0 bridgehead atoms. The molecular formula is C11H12N2O5S2. The fraction of sp³-hybridized carbons (Fsp3) is 0.364. The molecule has 1 aromatic rings. The van der Waals surface area contributed by atoms with Crippen LogP contribution in [0.25, 0.3) is 0 Å². The van der Waals surface area contributed by atoms with E-state index in [-0.39, 0.29) is 29.3 Å². The average Bonchev–Trinajstić information content (AvgIpc) is 2.78. The molecule has 7 nitrogen and oxygen atoms in total. The minimum absolute atomic E-state index is 0.142. The second-order valence-electron chi connectivity index (χ2n) is 4.43. The molecule has 0 saturated carbocycles. The number of nitrogens with one attached hydrogen (secondary N) is 1. The van der Waals surface area contributed by atoms with Crippen molar-refractivity contribution in [2.75, 3.05) is 23.9 Å². The van der Waals surface area contributed by atoms with Crippen molar-refractivity contribution in [1.82, 2.24) is 4.90 Å². The molecule has 1 aliphatic heterocycles. The van der Waals surface area contributed by atoms with Crippen LogP contribution in [0.4, 0.5) is 5.00 Å². The summed E-state index contributed by atoms with van der Waals surface area (Å²) in [7, 11) is -3.27. The normalized spacial score (nSPS) is 14.6. The Balaban J connectivity index is 2.27. The van der Waals surface area contributed by atoms with Gasteiger partial charge < -0.3 is 5.32 Å². The lowest BCUT2D eigenvalue weighted by atomic mass is 10.2. The van der Waals surface area contributed by atoms with Crippen LogP contribution in [-0.2, 0) is 14.6 Å². The van der Waals surface area contributed by atoms with Gasteiger partial charge in [-0.15, -0.1) is 11.3 Å². The summed E-state index contributed by atoms with van der Waals surface area (Å²) in [6.45, 7) is 1.12. The number of imide groups is 1. The Hall–Kier alpha value is -1.74. The van der Waals surface area contributed by atoms with Crippen LogP contribution in [0, 0.1) is 0 Å². The van der Waals surface area contributed by atoms with Crippen LogP contribution in [-0.4, -0.2) is 49.6 Å². The molecule has 1 aliphatic rings. The van der Waals surface area contributed by atoms with Crippen molar-refractivity contribution >= 4 is 43.9 Å². The molecular weight excluding hydrogens is 304 g/mol. The highest BCUT2D eigenvalue weighted by Crippen LogP contribution is 2.35. The number of hydrogen-bond donors (Lipinski definition) is 1. The highest BCUT2D eigenvalue weighted by Gasteiger charge is 2.39. The summed E-state index contributed by atoms with van der Waals surface area (Å²) in [5, 5.41) is 4.29. The predicted octanol–water partition coefficient (Wildman–Crippen LogP) is 0.347. The van der Waals surface area contributed by atoms with Crippen molar-refractivity contribution in [2.24, 2.45) is 0 Å². The number of sulfone groups is 1. The molecule has 0 aromatic carbocycles. The van der Waals surface area contributed by atoms with Crippen LogP contribution in [0.2, 0.25) is 0 Å². The summed E-state index contributed by atoms with van der Waals surface area (Å²) < 4.78 is 22.2. The maximum absolute atomic E-state index is 12.2. The van der Waals surface area contributed by atoms with Crippen molar-refractivity contribution in [2.45, 2.75) is 6.92 Å². The van der Waals surface area contributed by atoms with Crippen LogP contribution in [0.5, 0.6) is 0 Å². The molecule has 108 valence electrons. The molecule has 2 rings (SSSR count).